The van der Waals surface area contributed by atoms with E-state index in [0.717, 1.165) is 0 Å². The molecule has 25 heavy (non-hydrogen) atoms. The lowest BCUT2D eigenvalue weighted by molar-refractivity contribution is -0.122. The molecule has 0 saturated carbocycles. The van der Waals surface area contributed by atoms with Gasteiger partial charge in [-0.2, -0.15) is 0 Å². The second-order valence-corrected chi connectivity index (χ2v) is 6.36. The number of hydrogen-bond acceptors (Lipinski definition) is 4. The van der Waals surface area contributed by atoms with Crippen molar-refractivity contribution in [1.82, 2.24) is 16.0 Å². The molecule has 7 nitrogen and oxygen atoms in total. The number of ether oxygens (including phenoxy) is 1. The number of alkyl carbamates (subject to hydrolysis) is 1. The maximum absolute atomic E-state index is 13.0. The summed E-state index contributed by atoms with van der Waals surface area (Å²) in [6.07, 6.45) is -0.614. The third kappa shape index (κ3) is 9.95. The minimum Gasteiger partial charge on any atom is -0.444 e. The van der Waals surface area contributed by atoms with Crippen LogP contribution in [0.25, 0.3) is 0 Å². The van der Waals surface area contributed by atoms with E-state index in [-0.39, 0.29) is 32.0 Å². The number of halogens is 1. The minimum atomic E-state index is -0.675. The quantitative estimate of drug-likeness (QED) is 0.640. The Labute approximate surface area is 146 Å². The van der Waals surface area contributed by atoms with Crippen LogP contribution >= 0.6 is 0 Å². The van der Waals surface area contributed by atoms with Gasteiger partial charge in [0.05, 0.1) is 13.0 Å². The number of rotatable bonds is 7. The first kappa shape index (κ1) is 20.4. The van der Waals surface area contributed by atoms with Crippen molar-refractivity contribution < 1.29 is 23.5 Å². The first-order valence-electron chi connectivity index (χ1n) is 7.90. The van der Waals surface area contributed by atoms with E-state index in [0.29, 0.717) is 5.56 Å². The zero-order valence-corrected chi connectivity index (χ0v) is 14.6. The molecule has 0 aliphatic rings. The Hall–Kier alpha value is -2.64. The Balaban J connectivity index is 2.15. The maximum atomic E-state index is 13.0. The molecule has 3 amide bonds. The Morgan fingerprint density at radius 3 is 2.28 bits per heavy atom. The number of nitrogens with one attached hydrogen (secondary N) is 3. The lowest BCUT2D eigenvalue weighted by atomic mass is 10.1. The van der Waals surface area contributed by atoms with Gasteiger partial charge in [0.25, 0.3) is 0 Å². The van der Waals surface area contributed by atoms with Crippen LogP contribution in [0.4, 0.5) is 9.18 Å². The lowest BCUT2D eigenvalue weighted by Gasteiger charge is -2.19. The van der Waals surface area contributed by atoms with Crippen LogP contribution in [-0.4, -0.2) is 43.1 Å². The average Bonchev–Trinajstić information content (AvgIpc) is 2.48. The fourth-order valence-electron chi connectivity index (χ4n) is 1.83. The molecule has 0 aliphatic carbocycles. The normalized spacial score (nSPS) is 10.7. The smallest absolute Gasteiger partial charge is 0.408 e. The van der Waals surface area contributed by atoms with Gasteiger partial charge in [-0.1, -0.05) is 12.1 Å². The second-order valence-electron chi connectivity index (χ2n) is 6.36. The van der Waals surface area contributed by atoms with E-state index in [1.165, 1.54) is 18.2 Å². The van der Waals surface area contributed by atoms with E-state index in [1.807, 2.05) is 0 Å². The van der Waals surface area contributed by atoms with Crippen molar-refractivity contribution >= 4 is 17.9 Å². The lowest BCUT2D eigenvalue weighted by Crippen LogP contribution is -2.42. The summed E-state index contributed by atoms with van der Waals surface area (Å²) in [6.45, 7) is 5.39. The molecule has 8 heteroatoms. The van der Waals surface area contributed by atoms with Gasteiger partial charge < -0.3 is 20.7 Å². The van der Waals surface area contributed by atoms with Crippen LogP contribution in [-0.2, 0) is 20.7 Å². The Kier molecular flexibility index (Phi) is 7.84. The molecule has 0 fully saturated rings. The van der Waals surface area contributed by atoms with Crippen molar-refractivity contribution in [3.05, 3.63) is 35.6 Å². The summed E-state index contributed by atoms with van der Waals surface area (Å²) in [5, 5.41) is 7.49. The van der Waals surface area contributed by atoms with E-state index in [9.17, 15) is 18.8 Å². The van der Waals surface area contributed by atoms with Crippen LogP contribution < -0.4 is 16.0 Å². The molecular weight excluding hydrogens is 329 g/mol. The molecule has 1 aromatic rings. The fourth-order valence-corrected chi connectivity index (χ4v) is 1.83. The first-order chi connectivity index (χ1) is 11.7. The molecule has 0 spiro atoms. The predicted molar refractivity (Wildman–Crippen MR) is 90.4 cm³/mol. The van der Waals surface area contributed by atoms with E-state index in [2.05, 4.69) is 16.0 Å². The predicted octanol–water partition coefficient (Wildman–Crippen LogP) is 1.13. The van der Waals surface area contributed by atoms with Crippen molar-refractivity contribution in [3.63, 3.8) is 0 Å². The Bertz CT molecular complexity index is 614. The van der Waals surface area contributed by atoms with Crippen molar-refractivity contribution in [2.45, 2.75) is 32.8 Å². The summed E-state index contributed by atoms with van der Waals surface area (Å²) in [5.74, 6) is -1.06. The molecule has 0 heterocycles. The van der Waals surface area contributed by atoms with Gasteiger partial charge in [0.2, 0.25) is 11.8 Å². The van der Waals surface area contributed by atoms with Gasteiger partial charge in [-0.25, -0.2) is 9.18 Å². The van der Waals surface area contributed by atoms with Crippen LogP contribution in [0.15, 0.2) is 24.3 Å². The molecule has 0 saturated heterocycles. The highest BCUT2D eigenvalue weighted by Crippen LogP contribution is 2.06. The molecule has 0 aliphatic heterocycles. The molecular formula is C17H24FN3O4. The SMILES string of the molecule is CC(C)(C)OC(=O)NCC(=O)NCCNC(=O)Cc1cccc(F)c1. The van der Waals surface area contributed by atoms with Gasteiger partial charge in [-0.15, -0.1) is 0 Å². The Morgan fingerprint density at radius 2 is 1.68 bits per heavy atom. The summed E-state index contributed by atoms with van der Waals surface area (Å²) in [7, 11) is 0. The molecule has 1 aromatic carbocycles. The highest BCUT2D eigenvalue weighted by atomic mass is 19.1. The van der Waals surface area contributed by atoms with Crippen molar-refractivity contribution in [2.24, 2.45) is 0 Å². The molecule has 138 valence electrons. The van der Waals surface area contributed by atoms with E-state index >= 15 is 0 Å². The van der Waals surface area contributed by atoms with Crippen LogP contribution in [0, 0.1) is 5.82 Å². The highest BCUT2D eigenvalue weighted by molar-refractivity contribution is 5.82. The van der Waals surface area contributed by atoms with E-state index in [1.54, 1.807) is 26.8 Å². The molecule has 1 rings (SSSR count). The monoisotopic (exact) mass is 353 g/mol. The van der Waals surface area contributed by atoms with Crippen molar-refractivity contribution in [1.29, 1.82) is 0 Å². The average molecular weight is 353 g/mol. The fraction of sp³-hybridized carbons (Fsp3) is 0.471. The summed E-state index contributed by atoms with van der Waals surface area (Å²) < 4.78 is 18.0. The topological polar surface area (TPSA) is 96.5 Å². The van der Waals surface area contributed by atoms with Gasteiger partial charge in [-0.3, -0.25) is 9.59 Å². The second kappa shape index (κ2) is 9.61. The molecule has 0 bridgehead atoms. The van der Waals surface area contributed by atoms with Crippen LogP contribution in [0.1, 0.15) is 26.3 Å². The van der Waals surface area contributed by atoms with E-state index < -0.39 is 23.4 Å². The third-order valence-corrected chi connectivity index (χ3v) is 2.82. The van der Waals surface area contributed by atoms with Crippen LogP contribution in [0.3, 0.4) is 0 Å². The van der Waals surface area contributed by atoms with Gasteiger partial charge in [0.1, 0.15) is 11.4 Å². The number of benzene rings is 1. The van der Waals surface area contributed by atoms with Gasteiger partial charge in [0, 0.05) is 13.1 Å². The van der Waals surface area contributed by atoms with Crippen LogP contribution in [0.5, 0.6) is 0 Å². The Morgan fingerprint density at radius 1 is 1.04 bits per heavy atom. The number of hydrogen-bond donors (Lipinski definition) is 3. The summed E-state index contributed by atoms with van der Waals surface area (Å²) in [4.78, 5) is 34.6. The molecule has 0 aromatic heterocycles. The van der Waals surface area contributed by atoms with Gasteiger partial charge in [-0.05, 0) is 38.5 Å². The highest BCUT2D eigenvalue weighted by Gasteiger charge is 2.16. The van der Waals surface area contributed by atoms with Gasteiger partial charge in [0.15, 0.2) is 0 Å². The van der Waals surface area contributed by atoms with Crippen molar-refractivity contribution in [2.75, 3.05) is 19.6 Å². The number of carbonyl (C=O) groups excluding carboxylic acids is 3. The molecule has 0 unspecified atom stereocenters. The largest absolute Gasteiger partial charge is 0.444 e. The zero-order valence-electron chi connectivity index (χ0n) is 14.6. The molecule has 0 radical (unpaired) electrons. The molecule has 3 N–H and O–H groups in total. The standard InChI is InChI=1S/C17H24FN3O4/c1-17(2,3)25-16(24)21-11-15(23)20-8-7-19-14(22)10-12-5-4-6-13(18)9-12/h4-6,9H,7-8,10-11H2,1-3H3,(H,19,22)(H,20,23)(H,21,24). The van der Waals surface area contributed by atoms with Crippen molar-refractivity contribution in [3.8, 4) is 0 Å². The maximum Gasteiger partial charge on any atom is 0.408 e. The summed E-state index contributed by atoms with van der Waals surface area (Å²) in [6, 6.07) is 5.80. The van der Waals surface area contributed by atoms with E-state index in [4.69, 9.17) is 4.74 Å². The number of carbonyl (C=O) groups is 3. The van der Waals surface area contributed by atoms with Gasteiger partial charge >= 0.3 is 6.09 Å². The first-order valence-corrected chi connectivity index (χ1v) is 7.90. The number of amides is 3. The zero-order chi connectivity index (χ0) is 18.9. The minimum absolute atomic E-state index is 0.0614. The third-order valence-electron chi connectivity index (χ3n) is 2.82. The summed E-state index contributed by atoms with van der Waals surface area (Å²) in [5.41, 5.74) is -0.0601. The van der Waals surface area contributed by atoms with Crippen LogP contribution in [0.2, 0.25) is 0 Å². The summed E-state index contributed by atoms with van der Waals surface area (Å²) >= 11 is 0. The molecule has 0 atom stereocenters.